The number of aliphatic hydroxyl groups excluding tert-OH is 4. The molecule has 0 bridgehead atoms. The van der Waals surface area contributed by atoms with Crippen molar-refractivity contribution in [3.8, 4) is 0 Å². The van der Waals surface area contributed by atoms with Crippen LogP contribution in [0, 0.1) is 64.1 Å². The Morgan fingerprint density at radius 2 is 1.82 bits per heavy atom. The molecular weight excluding hydrogens is 698 g/mol. The van der Waals surface area contributed by atoms with Crippen molar-refractivity contribution in [2.75, 3.05) is 19.7 Å². The number of piperidine rings is 1. The molecule has 1 spiro atoms. The van der Waals surface area contributed by atoms with E-state index in [1.54, 1.807) is 13.8 Å². The number of allylic oxidation sites excluding steroid dienone is 2. The average molecular weight is 772 g/mol. The lowest BCUT2D eigenvalue weighted by Gasteiger charge is -2.66. The van der Waals surface area contributed by atoms with E-state index < -0.39 is 70.3 Å². The monoisotopic (exact) mass is 772 g/mol. The van der Waals surface area contributed by atoms with Gasteiger partial charge in [-0.15, -0.1) is 0 Å². The van der Waals surface area contributed by atoms with Gasteiger partial charge in [0.05, 0.1) is 60.6 Å². The van der Waals surface area contributed by atoms with E-state index in [1.807, 2.05) is 0 Å². The molecule has 0 amide bonds. The minimum Gasteiger partial charge on any atom is -0.391 e. The molecule has 0 aromatic rings. The number of rotatable bonds is 11. The van der Waals surface area contributed by atoms with Crippen LogP contribution in [0.1, 0.15) is 118 Å². The van der Waals surface area contributed by atoms with Crippen LogP contribution in [0.5, 0.6) is 0 Å². The molecular formula is C44H73N3O8. The van der Waals surface area contributed by atoms with Crippen molar-refractivity contribution in [1.29, 1.82) is 0 Å². The maximum atomic E-state index is 15.1. The number of aliphatic hydroxyl groups is 6. The van der Waals surface area contributed by atoms with Crippen molar-refractivity contribution in [2.24, 2.45) is 74.8 Å². The minimum atomic E-state index is -1.60. The smallest absolute Gasteiger partial charge is 0.180 e. The molecule has 0 radical (unpaired) electrons. The number of nitrogens with zero attached hydrogens (tertiary/aromatic N) is 1. The molecule has 7 aliphatic rings. The van der Waals surface area contributed by atoms with Gasteiger partial charge in [-0.3, -0.25) is 9.79 Å². The van der Waals surface area contributed by atoms with E-state index >= 15 is 4.79 Å². The predicted molar refractivity (Wildman–Crippen MR) is 211 cm³/mol. The average Bonchev–Trinajstić information content (AvgIpc) is 3.58. The first-order valence-corrected chi connectivity index (χ1v) is 22.0. The van der Waals surface area contributed by atoms with Crippen LogP contribution in [0.25, 0.3) is 0 Å². The van der Waals surface area contributed by atoms with Gasteiger partial charge in [0.2, 0.25) is 0 Å². The molecule has 11 heteroatoms. The second-order valence-corrected chi connectivity index (χ2v) is 20.1. The van der Waals surface area contributed by atoms with Gasteiger partial charge in [-0.2, -0.15) is 0 Å². The summed E-state index contributed by atoms with van der Waals surface area (Å²) < 4.78 is 6.31. The lowest BCUT2D eigenvalue weighted by molar-refractivity contribution is -0.233. The summed E-state index contributed by atoms with van der Waals surface area (Å²) in [7, 11) is 0. The molecule has 5 aliphatic carbocycles. The van der Waals surface area contributed by atoms with E-state index in [4.69, 9.17) is 15.5 Å². The third-order valence-corrected chi connectivity index (χ3v) is 17.0. The van der Waals surface area contributed by atoms with Crippen molar-refractivity contribution in [1.82, 2.24) is 5.32 Å². The summed E-state index contributed by atoms with van der Waals surface area (Å²) in [6.45, 7) is 11.1. The lowest BCUT2D eigenvalue weighted by Crippen LogP contribution is -2.72. The van der Waals surface area contributed by atoms with Gasteiger partial charge in [-0.25, -0.2) is 0 Å². The number of nitrogens with one attached hydrogen (secondary N) is 1. The largest absolute Gasteiger partial charge is 0.391 e. The Morgan fingerprint density at radius 1 is 1.07 bits per heavy atom. The van der Waals surface area contributed by atoms with Crippen LogP contribution in [-0.2, 0) is 9.53 Å². The molecule has 312 valence electrons. The normalized spacial score (nSPS) is 49.8. The Kier molecular flexibility index (Phi) is 12.0. The summed E-state index contributed by atoms with van der Waals surface area (Å²) in [6, 6.07) is 0. The van der Waals surface area contributed by atoms with E-state index in [-0.39, 0.29) is 66.6 Å². The number of ketones is 1. The highest BCUT2D eigenvalue weighted by atomic mass is 16.5. The van der Waals surface area contributed by atoms with Gasteiger partial charge in [-0.1, -0.05) is 58.6 Å². The van der Waals surface area contributed by atoms with E-state index in [2.05, 4.69) is 38.2 Å². The van der Waals surface area contributed by atoms with Crippen LogP contribution in [0.15, 0.2) is 17.1 Å². The van der Waals surface area contributed by atoms with Crippen molar-refractivity contribution < 1.29 is 40.2 Å². The topological polar surface area (TPSA) is 198 Å². The standard InChI is InChI=1S/C44H73N3O8/c1-6-7-8-9-10-29-23-55-39(25(29)3)40(52)42(5,53)33-15-16-44(54)36-35-27(18-41(33,44)4)12-11-26(28-13-14-34(45)46-22-28)19-43(35)20-32(50)31(49)17-30(43)38(51)37(36)47-21-24(2)48/h11-12,24-36,39-40,46,48-50,52-54H,6-10,13-23,45H2,1-5H3/t24-,25-,26-,27-,28?,29-,30-,31+,32-,33+,34?,35-,36+,39+,40+,41+,42+,43-,44-/m0/s1. The molecule has 19 atom stereocenters. The van der Waals surface area contributed by atoms with Crippen LogP contribution in [-0.4, -0.2) is 110 Å². The Bertz CT molecular complexity index is 1450. The fraction of sp³-hybridized carbons (Fsp3) is 0.909. The summed E-state index contributed by atoms with van der Waals surface area (Å²) >= 11 is 0. The van der Waals surface area contributed by atoms with Crippen LogP contribution in [0.2, 0.25) is 0 Å². The maximum Gasteiger partial charge on any atom is 0.180 e. The SMILES string of the molecule is CCCCCC[C@H]1CO[C@@H]([C@@H](O)[C@](C)(O)[C@@H]2CC[C@]3(O)[C@H]4C(=NC[C@H](C)O)C(=O)[C@@H]5C[C@@H](O)[C@@H](O)C[C@@]56C[C@@H](C5CCC(N)NC5)C=C[C@@H](C[C@]23C)[C@@H]46)[C@H]1C. The summed E-state index contributed by atoms with van der Waals surface area (Å²) in [6.07, 6.45) is 9.85. The van der Waals surface area contributed by atoms with Crippen molar-refractivity contribution >= 4 is 11.5 Å². The molecule has 9 N–H and O–H groups in total. The van der Waals surface area contributed by atoms with E-state index in [9.17, 15) is 30.6 Å². The third-order valence-electron chi connectivity index (χ3n) is 17.0. The molecule has 2 saturated heterocycles. The highest BCUT2D eigenvalue weighted by molar-refractivity contribution is 6.42. The van der Waals surface area contributed by atoms with Gasteiger partial charge in [0.15, 0.2) is 5.78 Å². The second kappa shape index (κ2) is 15.7. The molecule has 7 rings (SSSR count). The number of aliphatic imine (C=N–C) groups is 1. The number of fused-ring (bicyclic) bond motifs is 2. The van der Waals surface area contributed by atoms with E-state index in [1.165, 1.54) is 19.3 Å². The molecule has 6 fully saturated rings. The Morgan fingerprint density at radius 3 is 2.51 bits per heavy atom. The van der Waals surface area contributed by atoms with Crippen molar-refractivity contribution in [3.63, 3.8) is 0 Å². The number of carbonyl (C=O) groups is 1. The molecule has 4 saturated carbocycles. The fourth-order valence-electron chi connectivity index (χ4n) is 14.0. The molecule has 0 aromatic heterocycles. The number of Topliss-reactive ketones (excluding diaryl/α,β-unsaturated/α-hetero) is 1. The Labute approximate surface area is 329 Å². The number of ether oxygens (including phenoxy) is 1. The predicted octanol–water partition coefficient (Wildman–Crippen LogP) is 3.50. The molecule has 2 aliphatic heterocycles. The zero-order valence-corrected chi connectivity index (χ0v) is 34.2. The highest BCUT2D eigenvalue weighted by Gasteiger charge is 2.76. The highest BCUT2D eigenvalue weighted by Crippen LogP contribution is 2.73. The Hall–Kier alpha value is -1.28. The number of hydrogen-bond donors (Lipinski definition) is 8. The fourth-order valence-corrected chi connectivity index (χ4v) is 14.0. The quantitative estimate of drug-likeness (QED) is 0.114. The van der Waals surface area contributed by atoms with Crippen LogP contribution in [0.3, 0.4) is 0 Å². The van der Waals surface area contributed by atoms with Crippen LogP contribution < -0.4 is 11.1 Å². The number of hydrogen-bond acceptors (Lipinski definition) is 11. The number of nitrogens with two attached hydrogens (primary N) is 1. The second-order valence-electron chi connectivity index (χ2n) is 20.1. The summed E-state index contributed by atoms with van der Waals surface area (Å²) in [4.78, 5) is 20.0. The van der Waals surface area contributed by atoms with Gasteiger partial charge in [0, 0.05) is 17.3 Å². The maximum absolute atomic E-state index is 15.1. The first-order chi connectivity index (χ1) is 26.0. The zero-order valence-electron chi connectivity index (χ0n) is 34.2. The first kappa shape index (κ1) is 41.9. The van der Waals surface area contributed by atoms with Crippen molar-refractivity contribution in [3.05, 3.63) is 12.2 Å². The minimum absolute atomic E-state index is 0.00942. The molecule has 55 heavy (non-hydrogen) atoms. The summed E-state index contributed by atoms with van der Waals surface area (Å²) in [5, 5.41) is 74.9. The van der Waals surface area contributed by atoms with Gasteiger partial charge < -0.3 is 46.4 Å². The zero-order chi connectivity index (χ0) is 39.7. The van der Waals surface area contributed by atoms with Crippen molar-refractivity contribution in [2.45, 2.75) is 166 Å². The van der Waals surface area contributed by atoms with Crippen LogP contribution >= 0.6 is 0 Å². The van der Waals surface area contributed by atoms with E-state index in [0.29, 0.717) is 38.2 Å². The van der Waals surface area contributed by atoms with Gasteiger partial charge in [0.25, 0.3) is 0 Å². The first-order valence-electron chi connectivity index (χ1n) is 22.0. The summed E-state index contributed by atoms with van der Waals surface area (Å²) in [5.74, 6) is -1.65. The Balaban J connectivity index is 1.28. The van der Waals surface area contributed by atoms with Gasteiger partial charge in [-0.05, 0) is 125 Å². The molecule has 0 aromatic carbocycles. The third kappa shape index (κ3) is 6.95. The van der Waals surface area contributed by atoms with Gasteiger partial charge >= 0.3 is 0 Å². The van der Waals surface area contributed by atoms with Gasteiger partial charge in [0.1, 0.15) is 6.10 Å². The number of carbonyl (C=O) groups excluding carboxylic acids is 1. The lowest BCUT2D eigenvalue weighted by atomic mass is 9.38. The summed E-state index contributed by atoms with van der Waals surface area (Å²) in [5.41, 5.74) is 1.82. The molecule has 2 heterocycles. The molecule has 11 nitrogen and oxygen atoms in total. The van der Waals surface area contributed by atoms with E-state index in [0.717, 1.165) is 32.2 Å². The van der Waals surface area contributed by atoms with Crippen LogP contribution in [0.4, 0.5) is 0 Å². The molecule has 2 unspecified atom stereocenters. The number of unbranched alkanes of at least 4 members (excludes halogenated alkanes) is 3.